The lowest BCUT2D eigenvalue weighted by atomic mass is 9.93. The highest BCUT2D eigenvalue weighted by atomic mass is 32.2. The van der Waals surface area contributed by atoms with E-state index in [4.69, 9.17) is 0 Å². The zero-order valence-electron chi connectivity index (χ0n) is 12.3. The van der Waals surface area contributed by atoms with Gasteiger partial charge in [-0.1, -0.05) is 6.92 Å². The summed E-state index contributed by atoms with van der Waals surface area (Å²) in [5.41, 5.74) is 0. The third-order valence-electron chi connectivity index (χ3n) is 4.15. The fraction of sp³-hybridized carbons (Fsp3) is 0.923. The number of hydrogen-bond acceptors (Lipinski definition) is 4. The van der Waals surface area contributed by atoms with Crippen molar-refractivity contribution in [2.75, 3.05) is 25.9 Å². The molecule has 0 spiro atoms. The standard InChI is InChI=1S/C13H25N3O3S/c1-10-3-6-14-12(9-10)13(17)16-7-4-11(5-8-16)15-20(2,18)19/h10-12,14-15H,3-9H2,1-2H3. The molecular formula is C13H25N3O3S. The SMILES string of the molecule is CC1CCNC(C(=O)N2CCC(NS(C)(=O)=O)CC2)C1. The van der Waals surface area contributed by atoms with Gasteiger partial charge in [0.05, 0.1) is 12.3 Å². The summed E-state index contributed by atoms with van der Waals surface area (Å²) >= 11 is 0. The molecular weight excluding hydrogens is 278 g/mol. The summed E-state index contributed by atoms with van der Waals surface area (Å²) in [6.45, 7) is 4.37. The molecule has 2 saturated heterocycles. The van der Waals surface area contributed by atoms with E-state index in [9.17, 15) is 13.2 Å². The molecule has 1 amide bonds. The first-order chi connectivity index (χ1) is 9.35. The molecule has 0 aromatic heterocycles. The molecule has 0 saturated carbocycles. The number of nitrogens with one attached hydrogen (secondary N) is 2. The van der Waals surface area contributed by atoms with Gasteiger partial charge in [-0.2, -0.15) is 0 Å². The van der Waals surface area contributed by atoms with Gasteiger partial charge in [0, 0.05) is 19.1 Å². The smallest absolute Gasteiger partial charge is 0.239 e. The Bertz CT molecular complexity index is 444. The van der Waals surface area contributed by atoms with Crippen LogP contribution in [0.1, 0.15) is 32.6 Å². The number of carbonyl (C=O) groups excluding carboxylic acids is 1. The van der Waals surface area contributed by atoms with Gasteiger partial charge in [0.1, 0.15) is 0 Å². The fourth-order valence-corrected chi connectivity index (χ4v) is 3.88. The van der Waals surface area contributed by atoms with Crippen LogP contribution in [0.25, 0.3) is 0 Å². The van der Waals surface area contributed by atoms with Crippen molar-refractivity contribution < 1.29 is 13.2 Å². The van der Waals surface area contributed by atoms with E-state index < -0.39 is 10.0 Å². The van der Waals surface area contributed by atoms with Crippen LogP contribution in [0.15, 0.2) is 0 Å². The Kier molecular flexibility index (Phi) is 5.04. The molecule has 2 fully saturated rings. The molecule has 6 nitrogen and oxygen atoms in total. The predicted molar refractivity (Wildman–Crippen MR) is 77.8 cm³/mol. The second-order valence-electron chi connectivity index (χ2n) is 6.13. The molecule has 2 heterocycles. The van der Waals surface area contributed by atoms with E-state index >= 15 is 0 Å². The number of amides is 1. The lowest BCUT2D eigenvalue weighted by Gasteiger charge is -2.36. The van der Waals surface area contributed by atoms with Crippen molar-refractivity contribution in [3.8, 4) is 0 Å². The summed E-state index contributed by atoms with van der Waals surface area (Å²) in [4.78, 5) is 14.3. The van der Waals surface area contributed by atoms with Gasteiger partial charge in [-0.15, -0.1) is 0 Å². The number of piperidine rings is 2. The number of hydrogen-bond donors (Lipinski definition) is 2. The molecule has 2 aliphatic rings. The highest BCUT2D eigenvalue weighted by Crippen LogP contribution is 2.19. The summed E-state index contributed by atoms with van der Waals surface area (Å²) in [7, 11) is -3.16. The minimum absolute atomic E-state index is 0.0349. The highest BCUT2D eigenvalue weighted by molar-refractivity contribution is 7.88. The summed E-state index contributed by atoms with van der Waals surface area (Å²) in [5.74, 6) is 0.768. The van der Waals surface area contributed by atoms with E-state index in [1.165, 1.54) is 6.26 Å². The van der Waals surface area contributed by atoms with Crippen molar-refractivity contribution >= 4 is 15.9 Å². The quantitative estimate of drug-likeness (QED) is 0.764. The number of carbonyl (C=O) groups is 1. The first kappa shape index (κ1) is 15.7. The molecule has 2 rings (SSSR count). The lowest BCUT2D eigenvalue weighted by molar-refractivity contribution is -0.135. The van der Waals surface area contributed by atoms with Crippen molar-refractivity contribution in [2.24, 2.45) is 5.92 Å². The second kappa shape index (κ2) is 6.41. The van der Waals surface area contributed by atoms with Crippen molar-refractivity contribution in [2.45, 2.75) is 44.7 Å². The summed E-state index contributed by atoms with van der Waals surface area (Å²) in [5, 5.41) is 3.29. The predicted octanol–water partition coefficient (Wildman–Crippen LogP) is -0.0853. The number of sulfonamides is 1. The first-order valence-electron chi connectivity index (χ1n) is 7.34. The van der Waals surface area contributed by atoms with Crippen molar-refractivity contribution in [1.82, 2.24) is 14.9 Å². The van der Waals surface area contributed by atoms with Gasteiger partial charge in [-0.25, -0.2) is 13.1 Å². The normalized spacial score (nSPS) is 29.4. The van der Waals surface area contributed by atoms with Crippen LogP contribution in [0.2, 0.25) is 0 Å². The first-order valence-corrected chi connectivity index (χ1v) is 9.24. The minimum Gasteiger partial charge on any atom is -0.341 e. The van der Waals surface area contributed by atoms with E-state index in [0.717, 1.165) is 19.4 Å². The Morgan fingerprint density at radius 1 is 1.25 bits per heavy atom. The second-order valence-corrected chi connectivity index (χ2v) is 7.91. The van der Waals surface area contributed by atoms with Gasteiger partial charge in [-0.05, 0) is 38.1 Å². The van der Waals surface area contributed by atoms with Gasteiger partial charge >= 0.3 is 0 Å². The van der Waals surface area contributed by atoms with Gasteiger partial charge < -0.3 is 10.2 Å². The zero-order valence-corrected chi connectivity index (χ0v) is 13.1. The van der Waals surface area contributed by atoms with Gasteiger partial charge in [0.25, 0.3) is 0 Å². The number of nitrogens with zero attached hydrogens (tertiary/aromatic N) is 1. The lowest BCUT2D eigenvalue weighted by Crippen LogP contribution is -2.53. The van der Waals surface area contributed by atoms with Crippen LogP contribution in [0.4, 0.5) is 0 Å². The Morgan fingerprint density at radius 2 is 1.90 bits per heavy atom. The molecule has 0 radical (unpaired) electrons. The maximum Gasteiger partial charge on any atom is 0.239 e. The number of rotatable bonds is 3. The third-order valence-corrected chi connectivity index (χ3v) is 4.91. The molecule has 20 heavy (non-hydrogen) atoms. The average Bonchev–Trinajstić information content (AvgIpc) is 2.37. The van der Waals surface area contributed by atoms with Crippen molar-refractivity contribution in [3.63, 3.8) is 0 Å². The van der Waals surface area contributed by atoms with Crippen LogP contribution in [0.3, 0.4) is 0 Å². The van der Waals surface area contributed by atoms with Crippen LogP contribution < -0.4 is 10.0 Å². The minimum atomic E-state index is -3.16. The maximum atomic E-state index is 12.4. The van der Waals surface area contributed by atoms with Crippen LogP contribution in [0, 0.1) is 5.92 Å². The molecule has 7 heteroatoms. The molecule has 2 unspecified atom stereocenters. The monoisotopic (exact) mass is 303 g/mol. The summed E-state index contributed by atoms with van der Waals surface area (Å²) in [6, 6.07) is -0.0922. The molecule has 2 atom stereocenters. The average molecular weight is 303 g/mol. The van der Waals surface area contributed by atoms with E-state index in [2.05, 4.69) is 17.0 Å². The maximum absolute atomic E-state index is 12.4. The van der Waals surface area contributed by atoms with E-state index in [0.29, 0.717) is 31.8 Å². The Balaban J connectivity index is 1.82. The topological polar surface area (TPSA) is 78.5 Å². The van der Waals surface area contributed by atoms with Crippen LogP contribution in [0.5, 0.6) is 0 Å². The Hall–Kier alpha value is -0.660. The van der Waals surface area contributed by atoms with Crippen LogP contribution >= 0.6 is 0 Å². The molecule has 0 bridgehead atoms. The van der Waals surface area contributed by atoms with Crippen molar-refractivity contribution in [3.05, 3.63) is 0 Å². The van der Waals surface area contributed by atoms with E-state index in [1.54, 1.807) is 0 Å². The van der Waals surface area contributed by atoms with Crippen LogP contribution in [-0.4, -0.2) is 57.2 Å². The van der Waals surface area contributed by atoms with Gasteiger partial charge in [0.2, 0.25) is 15.9 Å². The molecule has 0 aromatic rings. The fourth-order valence-electron chi connectivity index (χ4n) is 3.04. The van der Waals surface area contributed by atoms with Crippen molar-refractivity contribution in [1.29, 1.82) is 0 Å². The highest BCUT2D eigenvalue weighted by Gasteiger charge is 2.31. The largest absolute Gasteiger partial charge is 0.341 e. The summed E-state index contributed by atoms with van der Waals surface area (Å²) < 4.78 is 25.0. The zero-order chi connectivity index (χ0) is 14.8. The molecule has 2 N–H and O–H groups in total. The molecule has 116 valence electrons. The van der Waals surface area contributed by atoms with E-state index in [1.807, 2.05) is 4.90 Å². The molecule has 2 aliphatic heterocycles. The third kappa shape index (κ3) is 4.43. The van der Waals surface area contributed by atoms with E-state index in [-0.39, 0.29) is 18.0 Å². The van der Waals surface area contributed by atoms with Gasteiger partial charge in [-0.3, -0.25) is 4.79 Å². The molecule has 0 aromatic carbocycles. The van der Waals surface area contributed by atoms with Crippen LogP contribution in [-0.2, 0) is 14.8 Å². The molecule has 0 aliphatic carbocycles. The number of likely N-dealkylation sites (tertiary alicyclic amines) is 1. The van der Waals surface area contributed by atoms with Gasteiger partial charge in [0.15, 0.2) is 0 Å². The Morgan fingerprint density at radius 3 is 2.45 bits per heavy atom. The summed E-state index contributed by atoms with van der Waals surface area (Å²) in [6.07, 6.45) is 4.60. The Labute approximate surface area is 121 Å².